The summed E-state index contributed by atoms with van der Waals surface area (Å²) in [6, 6.07) is 7.54. The summed E-state index contributed by atoms with van der Waals surface area (Å²) in [5, 5.41) is 11.4. The van der Waals surface area contributed by atoms with Crippen LogP contribution in [0.15, 0.2) is 24.3 Å². The predicted octanol–water partition coefficient (Wildman–Crippen LogP) is -2.55. The minimum absolute atomic E-state index is 0. The Morgan fingerprint density at radius 1 is 1.43 bits per heavy atom. The van der Waals surface area contributed by atoms with Gasteiger partial charge in [-0.2, -0.15) is 0 Å². The van der Waals surface area contributed by atoms with Gasteiger partial charge >= 0.3 is 5.97 Å². The number of nitrogens with one attached hydrogen (secondary N) is 1. The number of carbonyl (C=O) groups is 1. The molecule has 4 nitrogen and oxygen atoms in total. The Morgan fingerprint density at radius 3 is 2.64 bits per heavy atom. The van der Waals surface area contributed by atoms with Crippen molar-refractivity contribution in [1.29, 1.82) is 0 Å². The molecule has 1 aromatic rings. The van der Waals surface area contributed by atoms with Crippen molar-refractivity contribution in [3.05, 3.63) is 24.3 Å². The van der Waals surface area contributed by atoms with E-state index < -0.39 is 5.97 Å². The Morgan fingerprint density at radius 2 is 2.07 bits per heavy atom. The van der Waals surface area contributed by atoms with Gasteiger partial charge in [0, 0.05) is 12.6 Å². The Bertz CT molecular complexity index is 305. The third kappa shape index (κ3) is 4.11. The van der Waals surface area contributed by atoms with Crippen molar-refractivity contribution in [1.82, 2.24) is 0 Å². The zero-order valence-corrected chi connectivity index (χ0v) is 8.42. The van der Waals surface area contributed by atoms with E-state index >= 15 is 0 Å². The molecule has 0 atom stereocenters. The largest absolute Gasteiger partial charge is 1.00 e. The molecule has 14 heavy (non-hydrogen) atoms. The third-order valence-electron chi connectivity index (χ3n) is 1.67. The lowest BCUT2D eigenvalue weighted by atomic mass is 10.2. The standard InChI is InChI=1S/C9H12N2O2.ClH/c10-7-3-1-2-4-8(7)11-6-5-9(12)13;/h1-4,11H,5-6,10H2,(H,12,13);1H. The number of anilines is 1. The minimum Gasteiger partial charge on any atom is -1.00 e. The Labute approximate surface area is 88.5 Å². The maximum Gasteiger partial charge on any atom is 0.305 e. The van der Waals surface area contributed by atoms with Crippen molar-refractivity contribution in [2.45, 2.75) is 6.42 Å². The quantitative estimate of drug-likeness (QED) is 0.519. The van der Waals surface area contributed by atoms with Crippen molar-refractivity contribution in [3.8, 4) is 0 Å². The molecule has 1 aromatic carbocycles. The van der Waals surface area contributed by atoms with Crippen molar-refractivity contribution in [2.24, 2.45) is 0 Å². The van der Waals surface area contributed by atoms with E-state index in [-0.39, 0.29) is 18.8 Å². The Hall–Kier alpha value is -1.26. The Balaban J connectivity index is 0.00000169. The van der Waals surface area contributed by atoms with Crippen LogP contribution in [0.2, 0.25) is 0 Å². The van der Waals surface area contributed by atoms with Gasteiger partial charge in [-0.05, 0) is 6.07 Å². The molecular formula is C9H13ClN2O2. The van der Waals surface area contributed by atoms with E-state index in [0.29, 0.717) is 6.54 Å². The summed E-state index contributed by atoms with van der Waals surface area (Å²) < 4.78 is 0. The Kier molecular flexibility index (Phi) is 5.67. The summed E-state index contributed by atoms with van der Waals surface area (Å²) in [7, 11) is 0. The van der Waals surface area contributed by atoms with E-state index in [2.05, 4.69) is 11.1 Å². The van der Waals surface area contributed by atoms with E-state index in [1.54, 1.807) is 0 Å². The monoisotopic (exact) mass is 216 g/mol. The lowest BCUT2D eigenvalue weighted by Crippen LogP contribution is -3.00. The van der Waals surface area contributed by atoms with Gasteiger partial charge in [-0.3, -0.25) is 4.79 Å². The molecule has 0 aliphatic heterocycles. The van der Waals surface area contributed by atoms with Gasteiger partial charge in [0.15, 0.2) is 5.69 Å². The maximum absolute atomic E-state index is 10.2. The average Bonchev–Trinajstić information content (AvgIpc) is 2.08. The van der Waals surface area contributed by atoms with Crippen molar-refractivity contribution < 1.29 is 28.0 Å². The summed E-state index contributed by atoms with van der Waals surface area (Å²) in [4.78, 5) is 10.2. The van der Waals surface area contributed by atoms with Crippen LogP contribution in [-0.4, -0.2) is 17.6 Å². The van der Waals surface area contributed by atoms with E-state index in [1.807, 2.05) is 24.3 Å². The molecule has 0 aliphatic rings. The summed E-state index contributed by atoms with van der Waals surface area (Å²) >= 11 is 0. The van der Waals surface area contributed by atoms with Crippen LogP contribution in [0.25, 0.3) is 0 Å². The van der Waals surface area contributed by atoms with Crippen LogP contribution < -0.4 is 23.5 Å². The maximum atomic E-state index is 10.2. The molecule has 0 saturated carbocycles. The summed E-state index contributed by atoms with van der Waals surface area (Å²) in [5.41, 5.74) is 5.58. The van der Waals surface area contributed by atoms with Crippen LogP contribution in [-0.2, 0) is 4.79 Å². The van der Waals surface area contributed by atoms with E-state index in [1.165, 1.54) is 0 Å². The molecule has 0 bridgehead atoms. The molecule has 5 N–H and O–H groups in total. The lowest BCUT2D eigenvalue weighted by molar-refractivity contribution is -0.253. The average molecular weight is 217 g/mol. The highest BCUT2D eigenvalue weighted by Gasteiger charge is 2.00. The highest BCUT2D eigenvalue weighted by molar-refractivity contribution is 5.68. The molecule has 0 aromatic heterocycles. The second kappa shape index (κ2) is 6.23. The van der Waals surface area contributed by atoms with Crippen molar-refractivity contribution >= 4 is 17.3 Å². The van der Waals surface area contributed by atoms with Gasteiger partial charge in [-0.15, -0.1) is 0 Å². The van der Waals surface area contributed by atoms with E-state index in [4.69, 9.17) is 5.11 Å². The normalized spacial score (nSPS) is 8.93. The molecule has 0 radical (unpaired) electrons. The highest BCUT2D eigenvalue weighted by atomic mass is 35.5. The fraction of sp³-hybridized carbons (Fsp3) is 0.222. The number of para-hydroxylation sites is 1. The topological polar surface area (TPSA) is 77.0 Å². The number of halogens is 1. The fourth-order valence-electron chi connectivity index (χ4n) is 0.997. The van der Waals surface area contributed by atoms with Crippen LogP contribution in [0.4, 0.5) is 11.4 Å². The second-order valence-electron chi connectivity index (χ2n) is 2.73. The van der Waals surface area contributed by atoms with Gasteiger partial charge in [-0.1, -0.05) is 12.1 Å². The zero-order chi connectivity index (χ0) is 9.68. The molecule has 0 heterocycles. The number of hydrogen-bond donors (Lipinski definition) is 3. The lowest BCUT2D eigenvalue weighted by Gasteiger charge is -2.04. The van der Waals surface area contributed by atoms with Gasteiger partial charge in [0.1, 0.15) is 0 Å². The molecule has 0 fully saturated rings. The van der Waals surface area contributed by atoms with E-state index in [9.17, 15) is 4.79 Å². The van der Waals surface area contributed by atoms with Gasteiger partial charge < -0.3 is 28.6 Å². The molecule has 0 aliphatic carbocycles. The van der Waals surface area contributed by atoms with Gasteiger partial charge in [0.25, 0.3) is 0 Å². The number of quaternary nitrogens is 1. The van der Waals surface area contributed by atoms with Crippen LogP contribution in [0.5, 0.6) is 0 Å². The number of hydrogen-bond acceptors (Lipinski definition) is 2. The SMILES string of the molecule is [Cl-].[NH3+]c1ccccc1NCCC(=O)O. The number of aliphatic carboxylic acids is 1. The van der Waals surface area contributed by atoms with Crippen molar-refractivity contribution in [2.75, 3.05) is 11.9 Å². The summed E-state index contributed by atoms with van der Waals surface area (Å²) in [5.74, 6) is -0.797. The number of benzene rings is 1. The molecule has 5 heteroatoms. The molecule has 0 unspecified atom stereocenters. The number of carboxylic acid groups (broad SMARTS) is 1. The zero-order valence-electron chi connectivity index (χ0n) is 7.66. The van der Waals surface area contributed by atoms with Crippen LogP contribution in [0.3, 0.4) is 0 Å². The molecule has 1 rings (SSSR count). The third-order valence-corrected chi connectivity index (χ3v) is 1.67. The van der Waals surface area contributed by atoms with E-state index in [0.717, 1.165) is 11.4 Å². The first-order valence-corrected chi connectivity index (χ1v) is 4.07. The minimum atomic E-state index is -0.797. The fourth-order valence-corrected chi connectivity index (χ4v) is 0.997. The number of carboxylic acids is 1. The molecule has 0 saturated heterocycles. The summed E-state index contributed by atoms with van der Waals surface area (Å²) in [6.07, 6.45) is 0.119. The predicted molar refractivity (Wildman–Crippen MR) is 49.7 cm³/mol. The second-order valence-corrected chi connectivity index (χ2v) is 2.73. The highest BCUT2D eigenvalue weighted by Crippen LogP contribution is 2.14. The van der Waals surface area contributed by atoms with Gasteiger partial charge in [0.05, 0.1) is 12.1 Å². The van der Waals surface area contributed by atoms with Gasteiger partial charge in [-0.25, -0.2) is 0 Å². The smallest absolute Gasteiger partial charge is 0.305 e. The van der Waals surface area contributed by atoms with Crippen LogP contribution in [0, 0.1) is 0 Å². The first-order valence-electron chi connectivity index (χ1n) is 4.07. The first kappa shape index (κ1) is 12.7. The molecule has 0 spiro atoms. The molecule has 78 valence electrons. The number of rotatable bonds is 4. The molecular weight excluding hydrogens is 204 g/mol. The summed E-state index contributed by atoms with van der Waals surface area (Å²) in [6.45, 7) is 0.432. The van der Waals surface area contributed by atoms with Crippen molar-refractivity contribution in [3.63, 3.8) is 0 Å². The first-order chi connectivity index (χ1) is 6.20. The van der Waals surface area contributed by atoms with Crippen LogP contribution in [0.1, 0.15) is 6.42 Å². The molecule has 0 amide bonds. The van der Waals surface area contributed by atoms with Gasteiger partial charge in [0.2, 0.25) is 0 Å². The van der Waals surface area contributed by atoms with Crippen LogP contribution >= 0.6 is 0 Å².